The number of amides is 2. The van der Waals surface area contributed by atoms with Gasteiger partial charge in [0.1, 0.15) is 22.9 Å². The fourth-order valence-electron chi connectivity index (χ4n) is 2.86. The summed E-state index contributed by atoms with van der Waals surface area (Å²) in [7, 11) is 0. The zero-order chi connectivity index (χ0) is 25.9. The summed E-state index contributed by atoms with van der Waals surface area (Å²) in [6.45, 7) is 8.35. The number of aliphatic hydroxyl groups is 1. The molecule has 10 nitrogen and oxygen atoms in total. The van der Waals surface area contributed by atoms with Gasteiger partial charge in [-0.25, -0.2) is 10.9 Å². The Morgan fingerprint density at radius 2 is 1.94 bits per heavy atom. The second-order valence-electron chi connectivity index (χ2n) is 6.88. The minimum Gasteiger partial charge on any atom is -0.511 e. The van der Waals surface area contributed by atoms with E-state index in [2.05, 4.69) is 37.0 Å². The molecule has 3 aliphatic heterocycles. The van der Waals surface area contributed by atoms with Crippen LogP contribution in [0.4, 0.5) is 13.2 Å². The first-order valence-corrected chi connectivity index (χ1v) is 10.6. The van der Waals surface area contributed by atoms with Crippen molar-refractivity contribution in [3.63, 3.8) is 0 Å². The number of halogens is 3. The molecular weight excluding hydrogens is 457 g/mol. The van der Waals surface area contributed by atoms with Gasteiger partial charge in [-0.15, -0.1) is 0 Å². The molecule has 0 aliphatic carbocycles. The second kappa shape index (κ2) is 13.4. The second-order valence-corrected chi connectivity index (χ2v) is 6.88. The largest absolute Gasteiger partial charge is 0.511 e. The summed E-state index contributed by atoms with van der Waals surface area (Å²) in [5.41, 5.74) is -0.0604. The summed E-state index contributed by atoms with van der Waals surface area (Å²) < 4.78 is 37.9. The van der Waals surface area contributed by atoms with Gasteiger partial charge in [0.25, 0.3) is 11.8 Å². The average Bonchev–Trinajstić information content (AvgIpc) is 2.81. The maximum Gasteiger partial charge on any atom is 0.430 e. The number of nitrogens with one attached hydrogen (secondary N) is 4. The summed E-state index contributed by atoms with van der Waals surface area (Å²) in [5, 5.41) is 20.4. The van der Waals surface area contributed by atoms with Crippen LogP contribution in [-0.4, -0.2) is 54.7 Å². The van der Waals surface area contributed by atoms with E-state index >= 15 is 0 Å². The third-order valence-corrected chi connectivity index (χ3v) is 4.52. The number of allylic oxidation sites excluding steroid dienone is 4. The molecule has 0 bridgehead atoms. The lowest BCUT2D eigenvalue weighted by atomic mass is 9.94. The molecule has 1 atom stereocenters. The predicted octanol–water partition coefficient (Wildman–Crippen LogP) is 1.56. The number of hydrogen-bond donors (Lipinski definition) is 6. The van der Waals surface area contributed by atoms with Gasteiger partial charge in [0.15, 0.2) is 0 Å². The van der Waals surface area contributed by atoms with Crippen LogP contribution < -0.4 is 27.2 Å². The first-order valence-electron chi connectivity index (χ1n) is 10.6. The number of nitrogens with zero attached hydrogens (tertiary/aromatic N) is 1. The molecule has 3 aliphatic rings. The van der Waals surface area contributed by atoms with Crippen LogP contribution in [0.5, 0.6) is 0 Å². The van der Waals surface area contributed by atoms with Crippen molar-refractivity contribution in [2.24, 2.45) is 10.9 Å². The van der Waals surface area contributed by atoms with Gasteiger partial charge in [-0.3, -0.25) is 9.59 Å². The summed E-state index contributed by atoms with van der Waals surface area (Å²) >= 11 is 0. The zero-order valence-electron chi connectivity index (χ0n) is 19.5. The Labute approximate surface area is 195 Å². The number of alkyl halides is 3. The molecule has 13 heteroatoms. The number of hydrogen-bond acceptors (Lipinski definition) is 8. The van der Waals surface area contributed by atoms with E-state index in [1.165, 1.54) is 12.3 Å². The number of carbonyl (C=O) groups is 2. The van der Waals surface area contributed by atoms with Crippen LogP contribution in [0.1, 0.15) is 34.1 Å². The molecule has 190 valence electrons. The van der Waals surface area contributed by atoms with Gasteiger partial charge in [0, 0.05) is 24.9 Å². The molecule has 3 rings (SSSR count). The third-order valence-electron chi connectivity index (χ3n) is 4.52. The number of nitrogens with two attached hydrogens (primary N) is 1. The Morgan fingerprint density at radius 1 is 1.29 bits per heavy atom. The molecule has 0 saturated heterocycles. The van der Waals surface area contributed by atoms with Crippen molar-refractivity contribution in [3.05, 3.63) is 46.7 Å². The summed E-state index contributed by atoms with van der Waals surface area (Å²) in [5.74, 6) is 2.76. The van der Waals surface area contributed by atoms with E-state index < -0.39 is 41.1 Å². The quantitative estimate of drug-likeness (QED) is 0.261. The number of rotatable bonds is 3. The molecule has 1 unspecified atom stereocenters. The van der Waals surface area contributed by atoms with Crippen LogP contribution in [0, 0.1) is 0 Å². The van der Waals surface area contributed by atoms with Crippen molar-refractivity contribution < 1.29 is 32.7 Å². The fourth-order valence-corrected chi connectivity index (χ4v) is 2.86. The standard InChI is InChI=1S/C17H18F3N5O3.C2H7NO.C2H6/c1-8-5-23-13(7-21-8)25-16(28)14-11(26)4-10(24-15(14)27)9-2-3-12(22-6-9)17(18,19)20;1-2-4-3;1-2/h2-3,5,10,21-22,26H,4,6-7H2,1H3,(H,24,27)(H,23,25,28);2-3H2,1H3;1-2H3. The van der Waals surface area contributed by atoms with Crippen LogP contribution in [0.25, 0.3) is 0 Å². The SMILES string of the molecule is CC.CC1=CN=C(NC(=O)C2=C(O)CC(C3=CC=C(C(F)(F)F)NC3)NC2=O)CN1.CCON. The van der Waals surface area contributed by atoms with Gasteiger partial charge in [-0.2, -0.15) is 13.2 Å². The summed E-state index contributed by atoms with van der Waals surface area (Å²) in [6.07, 6.45) is -0.969. The lowest BCUT2D eigenvalue weighted by Gasteiger charge is -2.29. The lowest BCUT2D eigenvalue weighted by molar-refractivity contribution is -0.124. The van der Waals surface area contributed by atoms with Crippen molar-refractivity contribution in [3.8, 4) is 0 Å². The zero-order valence-corrected chi connectivity index (χ0v) is 19.5. The van der Waals surface area contributed by atoms with Gasteiger partial charge < -0.3 is 31.2 Å². The fraction of sp³-hybridized carbons (Fsp3) is 0.476. The predicted molar refractivity (Wildman–Crippen MR) is 121 cm³/mol. The van der Waals surface area contributed by atoms with Crippen molar-refractivity contribution in [2.75, 3.05) is 19.7 Å². The van der Waals surface area contributed by atoms with Crippen LogP contribution >= 0.6 is 0 Å². The third kappa shape index (κ3) is 8.23. The van der Waals surface area contributed by atoms with Crippen molar-refractivity contribution in [1.82, 2.24) is 21.3 Å². The minimum atomic E-state index is -4.49. The van der Waals surface area contributed by atoms with Crippen LogP contribution in [0.2, 0.25) is 0 Å². The van der Waals surface area contributed by atoms with Crippen molar-refractivity contribution in [2.45, 2.75) is 46.3 Å². The van der Waals surface area contributed by atoms with E-state index in [-0.39, 0.29) is 25.3 Å². The van der Waals surface area contributed by atoms with Crippen molar-refractivity contribution in [1.29, 1.82) is 0 Å². The Balaban J connectivity index is 0.000000872. The highest BCUT2D eigenvalue weighted by Gasteiger charge is 2.37. The molecule has 2 amide bonds. The highest BCUT2D eigenvalue weighted by atomic mass is 19.4. The number of aliphatic imine (C=N–C) groups is 1. The topological polar surface area (TPSA) is 150 Å². The van der Waals surface area contributed by atoms with Gasteiger partial charge >= 0.3 is 6.18 Å². The Bertz CT molecular complexity index is 905. The van der Waals surface area contributed by atoms with Crippen LogP contribution in [0.15, 0.2) is 51.6 Å². The Kier molecular flexibility index (Phi) is 11.3. The minimum absolute atomic E-state index is 0.110. The molecule has 34 heavy (non-hydrogen) atoms. The van der Waals surface area contributed by atoms with Gasteiger partial charge in [-0.1, -0.05) is 19.9 Å². The van der Waals surface area contributed by atoms with Gasteiger partial charge in [0.2, 0.25) is 0 Å². The molecule has 0 fully saturated rings. The maximum atomic E-state index is 12.6. The van der Waals surface area contributed by atoms with Crippen LogP contribution in [-0.2, 0) is 14.4 Å². The molecular formula is C21H31F3N6O4. The number of aliphatic hydroxyl groups excluding tert-OH is 1. The van der Waals surface area contributed by atoms with Crippen molar-refractivity contribution >= 4 is 17.6 Å². The highest BCUT2D eigenvalue weighted by Crippen LogP contribution is 2.27. The first kappa shape index (κ1) is 28.7. The van der Waals surface area contributed by atoms with E-state index in [1.54, 1.807) is 6.92 Å². The first-order chi connectivity index (χ1) is 16.1. The average molecular weight is 489 g/mol. The van der Waals surface area contributed by atoms with E-state index in [0.717, 1.165) is 11.8 Å². The number of dihydropyridines is 1. The maximum absolute atomic E-state index is 12.6. The molecule has 0 aromatic carbocycles. The Morgan fingerprint density at radius 3 is 2.38 bits per heavy atom. The molecule has 3 heterocycles. The van der Waals surface area contributed by atoms with E-state index in [1.807, 2.05) is 20.8 Å². The van der Waals surface area contributed by atoms with Crippen LogP contribution in [0.3, 0.4) is 0 Å². The van der Waals surface area contributed by atoms with E-state index in [0.29, 0.717) is 12.2 Å². The number of amidine groups is 1. The molecule has 0 saturated carbocycles. The molecule has 0 spiro atoms. The molecule has 7 N–H and O–H groups in total. The summed E-state index contributed by atoms with van der Waals surface area (Å²) in [4.78, 5) is 32.7. The molecule has 0 aromatic heterocycles. The lowest BCUT2D eigenvalue weighted by Crippen LogP contribution is -2.49. The summed E-state index contributed by atoms with van der Waals surface area (Å²) in [6, 6.07) is -0.721. The highest BCUT2D eigenvalue weighted by molar-refractivity contribution is 6.23. The number of carbonyl (C=O) groups excluding carboxylic acids is 2. The molecule has 0 radical (unpaired) electrons. The monoisotopic (exact) mass is 488 g/mol. The Hall–Kier alpha value is -3.32. The van der Waals surface area contributed by atoms with Gasteiger partial charge in [0.05, 0.1) is 19.2 Å². The van der Waals surface area contributed by atoms with E-state index in [4.69, 9.17) is 0 Å². The molecule has 0 aromatic rings. The van der Waals surface area contributed by atoms with Gasteiger partial charge in [-0.05, 0) is 25.5 Å². The van der Waals surface area contributed by atoms with E-state index in [9.17, 15) is 27.9 Å². The smallest absolute Gasteiger partial charge is 0.430 e. The normalized spacial score (nSPS) is 19.8.